The topological polar surface area (TPSA) is 102 Å². The monoisotopic (exact) mass is 295 g/mol. The zero-order valence-electron chi connectivity index (χ0n) is 10.7. The second-order valence-corrected chi connectivity index (χ2v) is 6.26. The Bertz CT molecular complexity index is 719. The van der Waals surface area contributed by atoms with Crippen molar-refractivity contribution in [2.75, 3.05) is 0 Å². The minimum absolute atomic E-state index is 0.134. The third kappa shape index (κ3) is 3.21. The summed E-state index contributed by atoms with van der Waals surface area (Å²) >= 11 is 0. The minimum atomic E-state index is -3.52. The molecule has 0 aliphatic rings. The van der Waals surface area contributed by atoms with Crippen LogP contribution in [0.25, 0.3) is 0 Å². The van der Waals surface area contributed by atoms with Crippen molar-refractivity contribution in [2.24, 2.45) is 7.05 Å². The summed E-state index contributed by atoms with van der Waals surface area (Å²) in [6.45, 7) is 0. The lowest BCUT2D eigenvalue weighted by atomic mass is 10.2. The van der Waals surface area contributed by atoms with Crippen LogP contribution in [0.2, 0.25) is 0 Å². The number of hydrogen-bond donors (Lipinski definition) is 1. The van der Waals surface area contributed by atoms with Gasteiger partial charge in [0.05, 0.1) is 11.3 Å². The van der Waals surface area contributed by atoms with E-state index >= 15 is 0 Å². The number of nitrogens with zero attached hydrogens (tertiary/aromatic N) is 3. The fourth-order valence-electron chi connectivity index (χ4n) is 1.69. The lowest BCUT2D eigenvalue weighted by Crippen LogP contribution is -2.10. The standard InChI is InChI=1S/C12H13N3O4S/c1-15-11(13-8-14-15)7-20(18,19)10-4-2-9(3-5-10)6-12(16)17/h2-5,8H,6-7H2,1H3,(H,16,17). The second kappa shape index (κ2) is 5.41. The molecule has 0 aliphatic heterocycles. The summed E-state index contributed by atoms with van der Waals surface area (Å²) in [6, 6.07) is 5.81. The van der Waals surface area contributed by atoms with Crippen molar-refractivity contribution in [1.29, 1.82) is 0 Å². The van der Waals surface area contributed by atoms with Crippen LogP contribution in [-0.4, -0.2) is 34.3 Å². The molecule has 0 fully saturated rings. The van der Waals surface area contributed by atoms with Crippen LogP contribution in [0, 0.1) is 0 Å². The molecule has 0 radical (unpaired) electrons. The minimum Gasteiger partial charge on any atom is -0.481 e. The molecule has 0 bridgehead atoms. The van der Waals surface area contributed by atoms with Gasteiger partial charge in [-0.2, -0.15) is 5.10 Å². The normalized spacial score (nSPS) is 11.4. The smallest absolute Gasteiger partial charge is 0.307 e. The first-order chi connectivity index (χ1) is 9.38. The van der Waals surface area contributed by atoms with Crippen molar-refractivity contribution in [3.05, 3.63) is 42.0 Å². The highest BCUT2D eigenvalue weighted by molar-refractivity contribution is 7.90. The molecule has 106 valence electrons. The molecule has 1 aromatic carbocycles. The summed E-state index contributed by atoms with van der Waals surface area (Å²) in [5.74, 6) is -0.860. The summed E-state index contributed by atoms with van der Waals surface area (Å²) in [4.78, 5) is 14.6. The van der Waals surface area contributed by atoms with Crippen LogP contribution in [-0.2, 0) is 33.9 Å². The first-order valence-corrected chi connectivity index (χ1v) is 7.40. The van der Waals surface area contributed by atoms with E-state index in [2.05, 4.69) is 10.1 Å². The quantitative estimate of drug-likeness (QED) is 0.857. The number of aromatic nitrogens is 3. The van der Waals surface area contributed by atoms with E-state index in [0.29, 0.717) is 11.4 Å². The van der Waals surface area contributed by atoms with Crippen molar-refractivity contribution in [3.63, 3.8) is 0 Å². The summed E-state index contributed by atoms with van der Waals surface area (Å²) in [5, 5.41) is 12.5. The molecule has 0 saturated heterocycles. The first-order valence-electron chi connectivity index (χ1n) is 5.75. The van der Waals surface area contributed by atoms with Gasteiger partial charge in [0, 0.05) is 7.05 Å². The lowest BCUT2D eigenvalue weighted by molar-refractivity contribution is -0.136. The molecule has 1 N–H and O–H groups in total. The highest BCUT2D eigenvalue weighted by Crippen LogP contribution is 2.16. The molecule has 8 heteroatoms. The molecule has 1 aromatic heterocycles. The molecule has 0 amide bonds. The average molecular weight is 295 g/mol. The molecular formula is C12H13N3O4S. The molecule has 0 saturated carbocycles. The van der Waals surface area contributed by atoms with E-state index in [0.717, 1.165) is 0 Å². The largest absolute Gasteiger partial charge is 0.481 e. The van der Waals surface area contributed by atoms with Gasteiger partial charge in [0.15, 0.2) is 9.84 Å². The molecule has 0 spiro atoms. The van der Waals surface area contributed by atoms with E-state index in [1.54, 1.807) is 7.05 Å². The van der Waals surface area contributed by atoms with Crippen LogP contribution in [0.4, 0.5) is 0 Å². The fourth-order valence-corrected chi connectivity index (χ4v) is 3.01. The van der Waals surface area contributed by atoms with Gasteiger partial charge in [-0.1, -0.05) is 12.1 Å². The fraction of sp³-hybridized carbons (Fsp3) is 0.250. The van der Waals surface area contributed by atoms with E-state index in [1.165, 1.54) is 35.3 Å². The van der Waals surface area contributed by atoms with Gasteiger partial charge in [-0.05, 0) is 17.7 Å². The Morgan fingerprint density at radius 3 is 2.45 bits per heavy atom. The zero-order chi connectivity index (χ0) is 14.8. The maximum atomic E-state index is 12.2. The predicted molar refractivity (Wildman–Crippen MR) is 69.7 cm³/mol. The number of carbonyl (C=O) groups is 1. The van der Waals surface area contributed by atoms with Gasteiger partial charge < -0.3 is 5.11 Å². The molecule has 2 aromatic rings. The molecule has 0 atom stereocenters. The summed E-state index contributed by atoms with van der Waals surface area (Å²) in [6.07, 6.45) is 1.16. The number of aliphatic carboxylic acids is 1. The number of rotatable bonds is 5. The van der Waals surface area contributed by atoms with Gasteiger partial charge >= 0.3 is 5.97 Å². The van der Waals surface area contributed by atoms with Crippen LogP contribution < -0.4 is 0 Å². The van der Waals surface area contributed by atoms with E-state index in [9.17, 15) is 13.2 Å². The number of benzene rings is 1. The molecule has 7 nitrogen and oxygen atoms in total. The second-order valence-electron chi connectivity index (χ2n) is 4.27. The Morgan fingerprint density at radius 2 is 1.95 bits per heavy atom. The Kier molecular flexibility index (Phi) is 3.84. The molecular weight excluding hydrogens is 282 g/mol. The highest BCUT2D eigenvalue weighted by Gasteiger charge is 2.18. The van der Waals surface area contributed by atoms with Crippen LogP contribution in [0.5, 0.6) is 0 Å². The third-order valence-corrected chi connectivity index (χ3v) is 4.39. The predicted octanol–water partition coefficient (Wildman–Crippen LogP) is 0.416. The first kappa shape index (κ1) is 14.2. The van der Waals surface area contributed by atoms with Crippen LogP contribution >= 0.6 is 0 Å². The van der Waals surface area contributed by atoms with Gasteiger partial charge in [0.25, 0.3) is 0 Å². The molecule has 1 heterocycles. The van der Waals surface area contributed by atoms with Gasteiger partial charge in [-0.15, -0.1) is 0 Å². The Hall–Kier alpha value is -2.22. The number of hydrogen-bond acceptors (Lipinski definition) is 5. The van der Waals surface area contributed by atoms with Gasteiger partial charge in [-0.25, -0.2) is 13.4 Å². The van der Waals surface area contributed by atoms with Crippen molar-refractivity contribution in [1.82, 2.24) is 14.8 Å². The summed E-state index contributed by atoms with van der Waals surface area (Å²) < 4.78 is 25.8. The maximum absolute atomic E-state index is 12.2. The SMILES string of the molecule is Cn1ncnc1CS(=O)(=O)c1ccc(CC(=O)O)cc1. The number of aryl methyl sites for hydroxylation is 1. The lowest BCUT2D eigenvalue weighted by Gasteiger charge is -2.05. The Morgan fingerprint density at radius 1 is 1.30 bits per heavy atom. The molecule has 2 rings (SSSR count). The number of carboxylic acids is 1. The average Bonchev–Trinajstić information content (AvgIpc) is 2.74. The van der Waals surface area contributed by atoms with Crippen molar-refractivity contribution in [3.8, 4) is 0 Å². The number of sulfone groups is 1. The van der Waals surface area contributed by atoms with Crippen LogP contribution in [0.3, 0.4) is 0 Å². The van der Waals surface area contributed by atoms with Crippen LogP contribution in [0.15, 0.2) is 35.5 Å². The number of carboxylic acid groups (broad SMARTS) is 1. The third-order valence-electron chi connectivity index (χ3n) is 2.76. The summed E-state index contributed by atoms with van der Waals surface area (Å²) in [7, 11) is -1.90. The van der Waals surface area contributed by atoms with Crippen molar-refractivity contribution < 1.29 is 18.3 Å². The van der Waals surface area contributed by atoms with E-state index in [1.807, 2.05) is 0 Å². The van der Waals surface area contributed by atoms with E-state index in [-0.39, 0.29) is 17.1 Å². The Labute approximate surface area is 115 Å². The van der Waals surface area contributed by atoms with Gasteiger partial charge in [-0.3, -0.25) is 9.48 Å². The van der Waals surface area contributed by atoms with Gasteiger partial charge in [0.2, 0.25) is 0 Å². The van der Waals surface area contributed by atoms with Crippen molar-refractivity contribution >= 4 is 15.8 Å². The zero-order valence-corrected chi connectivity index (χ0v) is 11.5. The Balaban J connectivity index is 2.22. The van der Waals surface area contributed by atoms with Gasteiger partial charge in [0.1, 0.15) is 17.9 Å². The molecule has 0 unspecified atom stereocenters. The van der Waals surface area contributed by atoms with E-state index < -0.39 is 15.8 Å². The highest BCUT2D eigenvalue weighted by atomic mass is 32.2. The van der Waals surface area contributed by atoms with Crippen molar-refractivity contribution in [2.45, 2.75) is 17.1 Å². The molecule has 0 aliphatic carbocycles. The maximum Gasteiger partial charge on any atom is 0.307 e. The van der Waals surface area contributed by atoms with Crippen LogP contribution in [0.1, 0.15) is 11.4 Å². The molecule has 20 heavy (non-hydrogen) atoms. The summed E-state index contributed by atoms with van der Waals surface area (Å²) in [5.41, 5.74) is 0.551. The van der Waals surface area contributed by atoms with E-state index in [4.69, 9.17) is 5.11 Å².